The summed E-state index contributed by atoms with van der Waals surface area (Å²) in [4.78, 5) is 15.0. The Morgan fingerprint density at radius 2 is 1.96 bits per heavy atom. The van der Waals surface area contributed by atoms with Gasteiger partial charge in [0.05, 0.1) is 0 Å². The summed E-state index contributed by atoms with van der Waals surface area (Å²) < 4.78 is 5.62. The molecule has 1 atom stereocenters. The van der Waals surface area contributed by atoms with E-state index in [9.17, 15) is 9.90 Å². The van der Waals surface area contributed by atoms with E-state index in [4.69, 9.17) is 4.74 Å². The van der Waals surface area contributed by atoms with Crippen LogP contribution in [0.15, 0.2) is 30.3 Å². The lowest BCUT2D eigenvalue weighted by molar-refractivity contribution is -0.168. The predicted molar refractivity (Wildman–Crippen MR) is 98.9 cm³/mol. The summed E-state index contributed by atoms with van der Waals surface area (Å²) >= 11 is 0. The van der Waals surface area contributed by atoms with Gasteiger partial charge in [0, 0.05) is 25.1 Å². The van der Waals surface area contributed by atoms with Crippen LogP contribution in [-0.4, -0.2) is 42.2 Å². The van der Waals surface area contributed by atoms with E-state index in [0.717, 1.165) is 45.2 Å². The minimum absolute atomic E-state index is 0.152. The lowest BCUT2D eigenvalue weighted by Gasteiger charge is -2.31. The molecule has 1 heterocycles. The van der Waals surface area contributed by atoms with Crippen molar-refractivity contribution in [2.75, 3.05) is 20.1 Å². The summed E-state index contributed by atoms with van der Waals surface area (Å²) in [7, 11) is 2.06. The van der Waals surface area contributed by atoms with Gasteiger partial charge in [-0.1, -0.05) is 61.9 Å². The molecule has 0 spiro atoms. The molecule has 136 valence electrons. The Morgan fingerprint density at radius 3 is 2.60 bits per heavy atom. The van der Waals surface area contributed by atoms with Crippen molar-refractivity contribution < 1.29 is 14.6 Å². The summed E-state index contributed by atoms with van der Waals surface area (Å²) in [5.41, 5.74) is -1.42. The van der Waals surface area contributed by atoms with Crippen LogP contribution >= 0.6 is 0 Å². The molecule has 2 rings (SSSR count). The Balaban J connectivity index is 2.12. The molecule has 0 aliphatic carbocycles. The number of aliphatic hydroxyl groups is 1. The van der Waals surface area contributed by atoms with Crippen molar-refractivity contribution in [3.8, 4) is 11.8 Å². The molecule has 25 heavy (non-hydrogen) atoms. The molecular formula is C21H29NO3. The number of piperidine rings is 1. The number of esters is 1. The van der Waals surface area contributed by atoms with E-state index >= 15 is 0 Å². The van der Waals surface area contributed by atoms with Crippen molar-refractivity contribution >= 4 is 5.97 Å². The zero-order valence-corrected chi connectivity index (χ0v) is 15.3. The molecular weight excluding hydrogens is 314 g/mol. The fraction of sp³-hybridized carbons (Fsp3) is 0.571. The smallest absolute Gasteiger partial charge is 0.356 e. The highest BCUT2D eigenvalue weighted by Gasteiger charge is 2.39. The molecule has 0 amide bonds. The SMILES string of the molecule is CCCCCC#C[C@](O)(C(=O)OC1CCN(C)CC1)c1ccccc1. The number of carbonyl (C=O) groups is 1. The fourth-order valence-electron chi connectivity index (χ4n) is 2.91. The first-order valence-electron chi connectivity index (χ1n) is 9.24. The topological polar surface area (TPSA) is 49.8 Å². The standard InChI is InChI=1S/C21H29NO3/c1-3-4-5-6-10-15-21(24,18-11-8-7-9-12-18)20(23)25-19-13-16-22(2)17-14-19/h7-9,11-12,19,24H,3-6,13-14,16-17H2,1-2H3/t21-/m1/s1. The molecule has 0 aromatic heterocycles. The van der Waals surface area contributed by atoms with Gasteiger partial charge in [-0.05, 0) is 26.3 Å². The maximum atomic E-state index is 12.7. The van der Waals surface area contributed by atoms with Crippen molar-refractivity contribution in [2.24, 2.45) is 0 Å². The van der Waals surface area contributed by atoms with Crippen LogP contribution in [0.1, 0.15) is 51.0 Å². The molecule has 0 bridgehead atoms. The second-order valence-electron chi connectivity index (χ2n) is 6.74. The van der Waals surface area contributed by atoms with E-state index in [1.807, 2.05) is 6.07 Å². The van der Waals surface area contributed by atoms with E-state index in [2.05, 4.69) is 30.7 Å². The van der Waals surface area contributed by atoms with E-state index in [1.165, 1.54) is 0 Å². The van der Waals surface area contributed by atoms with Crippen LogP contribution in [0.25, 0.3) is 0 Å². The van der Waals surface area contributed by atoms with Gasteiger partial charge < -0.3 is 14.7 Å². The molecule has 1 fully saturated rings. The van der Waals surface area contributed by atoms with E-state index in [1.54, 1.807) is 24.3 Å². The van der Waals surface area contributed by atoms with Gasteiger partial charge in [0.15, 0.2) is 0 Å². The summed E-state index contributed by atoms with van der Waals surface area (Å²) in [5.74, 6) is 5.11. The highest BCUT2D eigenvalue weighted by Crippen LogP contribution is 2.25. The van der Waals surface area contributed by atoms with Crippen LogP contribution in [-0.2, 0) is 15.1 Å². The average Bonchev–Trinajstić information content (AvgIpc) is 2.64. The number of likely N-dealkylation sites (tertiary alicyclic amines) is 1. The van der Waals surface area contributed by atoms with Crippen LogP contribution in [0, 0.1) is 11.8 Å². The minimum Gasteiger partial charge on any atom is -0.459 e. The Labute approximate surface area is 151 Å². The van der Waals surface area contributed by atoms with Gasteiger partial charge in [-0.15, -0.1) is 0 Å². The quantitative estimate of drug-likeness (QED) is 0.490. The maximum Gasteiger partial charge on any atom is 0.356 e. The molecule has 0 saturated carbocycles. The van der Waals surface area contributed by atoms with Gasteiger partial charge in [-0.2, -0.15) is 0 Å². The molecule has 4 heteroatoms. The lowest BCUT2D eigenvalue weighted by Crippen LogP contribution is -2.41. The number of hydrogen-bond donors (Lipinski definition) is 1. The first-order chi connectivity index (χ1) is 12.1. The third-order valence-electron chi connectivity index (χ3n) is 4.60. The number of unbranched alkanes of at least 4 members (excludes halogenated alkanes) is 3. The van der Waals surface area contributed by atoms with Gasteiger partial charge in [0.25, 0.3) is 0 Å². The number of hydrogen-bond acceptors (Lipinski definition) is 4. The molecule has 1 aliphatic rings. The number of ether oxygens (including phenoxy) is 1. The number of carbonyl (C=O) groups excluding carboxylic acids is 1. The summed E-state index contributed by atoms with van der Waals surface area (Å²) in [6.45, 7) is 3.92. The summed E-state index contributed by atoms with van der Waals surface area (Å²) in [6, 6.07) is 8.87. The highest BCUT2D eigenvalue weighted by atomic mass is 16.6. The van der Waals surface area contributed by atoms with Crippen LogP contribution in [0.4, 0.5) is 0 Å². The Hall–Kier alpha value is -1.83. The van der Waals surface area contributed by atoms with Gasteiger partial charge in [-0.3, -0.25) is 0 Å². The average molecular weight is 343 g/mol. The fourth-order valence-corrected chi connectivity index (χ4v) is 2.91. The molecule has 1 aromatic carbocycles. The van der Waals surface area contributed by atoms with E-state index in [0.29, 0.717) is 12.0 Å². The second-order valence-corrected chi connectivity index (χ2v) is 6.74. The Kier molecular flexibility index (Phi) is 7.49. The van der Waals surface area contributed by atoms with Crippen LogP contribution < -0.4 is 0 Å². The monoisotopic (exact) mass is 343 g/mol. The van der Waals surface area contributed by atoms with E-state index < -0.39 is 11.6 Å². The molecule has 1 saturated heterocycles. The first kappa shape index (κ1) is 19.5. The largest absolute Gasteiger partial charge is 0.459 e. The molecule has 1 N–H and O–H groups in total. The lowest BCUT2D eigenvalue weighted by atomic mass is 9.94. The minimum atomic E-state index is -1.89. The van der Waals surface area contributed by atoms with Gasteiger partial charge in [0.1, 0.15) is 6.10 Å². The van der Waals surface area contributed by atoms with Crippen molar-refractivity contribution in [3.05, 3.63) is 35.9 Å². The zero-order valence-electron chi connectivity index (χ0n) is 15.3. The highest BCUT2D eigenvalue weighted by molar-refractivity contribution is 5.85. The summed E-state index contributed by atoms with van der Waals surface area (Å²) in [5, 5.41) is 11.0. The normalized spacial score (nSPS) is 18.0. The summed E-state index contributed by atoms with van der Waals surface area (Å²) in [6.07, 6.45) is 5.28. The van der Waals surface area contributed by atoms with Gasteiger partial charge in [0.2, 0.25) is 5.60 Å². The predicted octanol–water partition coefficient (Wildman–Crippen LogP) is 3.10. The van der Waals surface area contributed by atoms with Crippen molar-refractivity contribution in [1.29, 1.82) is 0 Å². The first-order valence-corrected chi connectivity index (χ1v) is 9.24. The molecule has 0 radical (unpaired) electrons. The zero-order chi connectivity index (χ0) is 18.1. The van der Waals surface area contributed by atoms with Gasteiger partial charge in [-0.25, -0.2) is 4.79 Å². The molecule has 1 aliphatic heterocycles. The maximum absolute atomic E-state index is 12.7. The Bertz CT molecular complexity index is 597. The second kappa shape index (κ2) is 9.60. The number of nitrogens with zero attached hydrogens (tertiary/aromatic N) is 1. The van der Waals surface area contributed by atoms with Crippen LogP contribution in [0.2, 0.25) is 0 Å². The third-order valence-corrected chi connectivity index (χ3v) is 4.60. The Morgan fingerprint density at radius 1 is 1.28 bits per heavy atom. The van der Waals surface area contributed by atoms with Crippen LogP contribution in [0.5, 0.6) is 0 Å². The van der Waals surface area contributed by atoms with Crippen LogP contribution in [0.3, 0.4) is 0 Å². The number of rotatable bonds is 6. The van der Waals surface area contributed by atoms with Crippen molar-refractivity contribution in [1.82, 2.24) is 4.90 Å². The number of benzene rings is 1. The molecule has 1 aromatic rings. The third kappa shape index (κ3) is 5.59. The molecule has 4 nitrogen and oxygen atoms in total. The van der Waals surface area contributed by atoms with Crippen molar-refractivity contribution in [3.63, 3.8) is 0 Å². The molecule has 0 unspecified atom stereocenters. The van der Waals surface area contributed by atoms with Crippen molar-refractivity contribution in [2.45, 2.75) is 57.2 Å². The van der Waals surface area contributed by atoms with Gasteiger partial charge >= 0.3 is 5.97 Å². The van der Waals surface area contributed by atoms with E-state index in [-0.39, 0.29) is 6.10 Å².